The van der Waals surface area contributed by atoms with Gasteiger partial charge >= 0.3 is 0 Å². The Labute approximate surface area is 145 Å². The lowest BCUT2D eigenvalue weighted by Crippen LogP contribution is -2.15. The topological polar surface area (TPSA) is 66.9 Å². The van der Waals surface area contributed by atoms with Crippen molar-refractivity contribution in [2.45, 2.75) is 13.0 Å². The molecule has 0 aliphatic carbocycles. The average Bonchev–Trinajstić information content (AvgIpc) is 2.65. The van der Waals surface area contributed by atoms with Gasteiger partial charge < -0.3 is 10.6 Å². The largest absolute Gasteiger partial charge is 0.362 e. The van der Waals surface area contributed by atoms with Crippen molar-refractivity contribution in [3.05, 3.63) is 84.1 Å². The molecule has 3 aromatic rings. The first-order valence-corrected chi connectivity index (χ1v) is 7.83. The number of nitrogens with zero attached hydrogens (tertiary/aromatic N) is 2. The van der Waals surface area contributed by atoms with Crippen molar-refractivity contribution in [1.29, 1.82) is 0 Å². The van der Waals surface area contributed by atoms with Crippen LogP contribution >= 0.6 is 0 Å². The molecule has 126 valence electrons. The number of hydrogen-bond acceptors (Lipinski definition) is 4. The number of carbonyl (C=O) groups is 1. The van der Waals surface area contributed by atoms with Crippen LogP contribution in [0, 0.1) is 5.82 Å². The fourth-order valence-electron chi connectivity index (χ4n) is 2.32. The zero-order chi connectivity index (χ0) is 17.6. The van der Waals surface area contributed by atoms with Crippen molar-refractivity contribution in [1.82, 2.24) is 9.97 Å². The van der Waals surface area contributed by atoms with E-state index in [1.807, 2.05) is 37.3 Å². The SMILES string of the molecule is CC(Nc1cnc(C(=O)Nc2ccccc2F)cn1)c1ccccc1. The van der Waals surface area contributed by atoms with E-state index in [1.165, 1.54) is 24.5 Å². The van der Waals surface area contributed by atoms with Crippen LogP contribution in [0.25, 0.3) is 0 Å². The van der Waals surface area contributed by atoms with Crippen LogP contribution in [0.3, 0.4) is 0 Å². The molecule has 0 fully saturated rings. The highest BCUT2D eigenvalue weighted by Crippen LogP contribution is 2.17. The summed E-state index contributed by atoms with van der Waals surface area (Å²) in [7, 11) is 0. The molecule has 0 radical (unpaired) electrons. The highest BCUT2D eigenvalue weighted by molar-refractivity contribution is 6.02. The molecular weight excluding hydrogens is 319 g/mol. The Balaban J connectivity index is 1.66. The molecule has 25 heavy (non-hydrogen) atoms. The van der Waals surface area contributed by atoms with Crippen molar-refractivity contribution in [3.8, 4) is 0 Å². The number of aromatic nitrogens is 2. The van der Waals surface area contributed by atoms with E-state index in [2.05, 4.69) is 20.6 Å². The Bertz CT molecular complexity index is 853. The average molecular weight is 336 g/mol. The van der Waals surface area contributed by atoms with Gasteiger partial charge in [-0.1, -0.05) is 42.5 Å². The molecule has 2 N–H and O–H groups in total. The van der Waals surface area contributed by atoms with Crippen molar-refractivity contribution >= 4 is 17.4 Å². The van der Waals surface area contributed by atoms with E-state index < -0.39 is 11.7 Å². The minimum atomic E-state index is -0.514. The fraction of sp³-hybridized carbons (Fsp3) is 0.105. The monoisotopic (exact) mass is 336 g/mol. The molecule has 0 aliphatic rings. The molecule has 0 saturated heterocycles. The first kappa shape index (κ1) is 16.6. The highest BCUT2D eigenvalue weighted by Gasteiger charge is 2.12. The lowest BCUT2D eigenvalue weighted by molar-refractivity contribution is 0.102. The first-order chi connectivity index (χ1) is 12.1. The minimum absolute atomic E-state index is 0.0496. The number of rotatable bonds is 5. The van der Waals surface area contributed by atoms with Crippen LogP contribution in [0.4, 0.5) is 15.9 Å². The molecule has 5 nitrogen and oxygen atoms in total. The van der Waals surface area contributed by atoms with Crippen LogP contribution in [0.2, 0.25) is 0 Å². The van der Waals surface area contributed by atoms with Gasteiger partial charge in [-0.05, 0) is 24.6 Å². The number of halogens is 1. The molecule has 1 unspecified atom stereocenters. The molecule has 1 amide bonds. The van der Waals surface area contributed by atoms with Crippen molar-refractivity contribution in [2.75, 3.05) is 10.6 Å². The molecule has 0 spiro atoms. The summed E-state index contributed by atoms with van der Waals surface area (Å²) in [5.74, 6) is -0.460. The number of benzene rings is 2. The zero-order valence-electron chi connectivity index (χ0n) is 13.6. The maximum Gasteiger partial charge on any atom is 0.275 e. The van der Waals surface area contributed by atoms with Gasteiger partial charge in [0.2, 0.25) is 0 Å². The first-order valence-electron chi connectivity index (χ1n) is 7.83. The van der Waals surface area contributed by atoms with Gasteiger partial charge in [0.05, 0.1) is 18.1 Å². The van der Waals surface area contributed by atoms with Crippen molar-refractivity contribution in [3.63, 3.8) is 0 Å². The van der Waals surface area contributed by atoms with Crippen LogP contribution < -0.4 is 10.6 Å². The van der Waals surface area contributed by atoms with Crippen LogP contribution in [-0.4, -0.2) is 15.9 Å². The van der Waals surface area contributed by atoms with E-state index in [0.29, 0.717) is 5.82 Å². The van der Waals surface area contributed by atoms with Gasteiger partial charge in [-0.3, -0.25) is 4.79 Å². The maximum absolute atomic E-state index is 13.6. The van der Waals surface area contributed by atoms with Crippen molar-refractivity contribution < 1.29 is 9.18 Å². The van der Waals surface area contributed by atoms with Crippen molar-refractivity contribution in [2.24, 2.45) is 0 Å². The molecule has 1 heterocycles. The molecule has 0 aliphatic heterocycles. The van der Waals surface area contributed by atoms with Gasteiger partial charge in [-0.25, -0.2) is 14.4 Å². The number of carbonyl (C=O) groups excluding carboxylic acids is 1. The summed E-state index contributed by atoms with van der Waals surface area (Å²) in [5.41, 5.74) is 1.33. The summed E-state index contributed by atoms with van der Waals surface area (Å²) >= 11 is 0. The summed E-state index contributed by atoms with van der Waals surface area (Å²) in [6, 6.07) is 15.9. The fourth-order valence-corrected chi connectivity index (χ4v) is 2.32. The number of anilines is 2. The second-order valence-electron chi connectivity index (χ2n) is 5.50. The number of para-hydroxylation sites is 1. The Morgan fingerprint density at radius 2 is 1.72 bits per heavy atom. The third-order valence-corrected chi connectivity index (χ3v) is 3.67. The zero-order valence-corrected chi connectivity index (χ0v) is 13.6. The van der Waals surface area contributed by atoms with Crippen LogP contribution in [0.1, 0.15) is 29.0 Å². The molecule has 3 rings (SSSR count). The second kappa shape index (κ2) is 7.53. The normalized spacial score (nSPS) is 11.6. The maximum atomic E-state index is 13.6. The Kier molecular flexibility index (Phi) is 4.99. The lowest BCUT2D eigenvalue weighted by atomic mass is 10.1. The van der Waals surface area contributed by atoms with E-state index in [9.17, 15) is 9.18 Å². The Hall–Kier alpha value is -3.28. The lowest BCUT2D eigenvalue weighted by Gasteiger charge is -2.14. The van der Waals surface area contributed by atoms with Gasteiger partial charge in [0.1, 0.15) is 17.3 Å². The smallest absolute Gasteiger partial charge is 0.275 e. The summed E-state index contributed by atoms with van der Waals surface area (Å²) in [6.07, 6.45) is 2.84. The summed E-state index contributed by atoms with van der Waals surface area (Å²) in [5, 5.41) is 5.69. The summed E-state index contributed by atoms with van der Waals surface area (Å²) < 4.78 is 13.6. The second-order valence-corrected chi connectivity index (χ2v) is 5.50. The van der Waals surface area contributed by atoms with E-state index >= 15 is 0 Å². The summed E-state index contributed by atoms with van der Waals surface area (Å²) in [4.78, 5) is 20.4. The predicted octanol–water partition coefficient (Wildman–Crippen LogP) is 4.04. The molecular formula is C19H17FN4O. The molecule has 1 atom stereocenters. The number of amides is 1. The molecule has 0 saturated carbocycles. The van der Waals surface area contributed by atoms with Gasteiger partial charge in [-0.2, -0.15) is 0 Å². The number of nitrogens with one attached hydrogen (secondary N) is 2. The van der Waals surface area contributed by atoms with E-state index in [1.54, 1.807) is 12.1 Å². The molecule has 2 aromatic carbocycles. The van der Waals surface area contributed by atoms with Gasteiger partial charge in [0, 0.05) is 6.04 Å². The van der Waals surface area contributed by atoms with Gasteiger partial charge in [0.25, 0.3) is 5.91 Å². The number of hydrogen-bond donors (Lipinski definition) is 2. The van der Waals surface area contributed by atoms with E-state index in [-0.39, 0.29) is 17.4 Å². The molecule has 0 bridgehead atoms. The quantitative estimate of drug-likeness (QED) is 0.738. The van der Waals surface area contributed by atoms with E-state index in [0.717, 1.165) is 5.56 Å². The van der Waals surface area contributed by atoms with Gasteiger partial charge in [0.15, 0.2) is 0 Å². The highest BCUT2D eigenvalue weighted by atomic mass is 19.1. The molecule has 6 heteroatoms. The Morgan fingerprint density at radius 3 is 2.40 bits per heavy atom. The molecule has 1 aromatic heterocycles. The standard InChI is InChI=1S/C19H17FN4O/c1-13(14-7-3-2-4-8-14)23-18-12-21-17(11-22-18)19(25)24-16-10-6-5-9-15(16)20/h2-13H,1H3,(H,22,23)(H,24,25). The van der Waals surface area contributed by atoms with Crippen LogP contribution in [-0.2, 0) is 0 Å². The predicted molar refractivity (Wildman–Crippen MR) is 94.9 cm³/mol. The minimum Gasteiger partial charge on any atom is -0.362 e. The van der Waals surface area contributed by atoms with Crippen LogP contribution in [0.5, 0.6) is 0 Å². The van der Waals surface area contributed by atoms with Gasteiger partial charge in [-0.15, -0.1) is 0 Å². The third-order valence-electron chi connectivity index (χ3n) is 3.67. The third kappa shape index (κ3) is 4.17. The summed E-state index contributed by atoms with van der Waals surface area (Å²) in [6.45, 7) is 2.01. The van der Waals surface area contributed by atoms with E-state index in [4.69, 9.17) is 0 Å². The Morgan fingerprint density at radius 1 is 1.00 bits per heavy atom. The van der Waals surface area contributed by atoms with Crippen LogP contribution in [0.15, 0.2) is 67.0 Å².